The number of furan rings is 1. The summed E-state index contributed by atoms with van der Waals surface area (Å²) >= 11 is 0. The second-order valence-electron chi connectivity index (χ2n) is 6.29. The SMILES string of the molecule is Cc1ccc(C(C)NC(CC(C)C)CC(C)C)o1. The smallest absolute Gasteiger partial charge is 0.120 e. The first kappa shape index (κ1) is 15.3. The molecule has 1 N–H and O–H groups in total. The van der Waals surface area contributed by atoms with Crippen molar-refractivity contribution in [2.75, 3.05) is 0 Å². The third-order valence-corrected chi connectivity index (χ3v) is 3.19. The Hall–Kier alpha value is -0.760. The van der Waals surface area contributed by atoms with Crippen LogP contribution < -0.4 is 5.32 Å². The minimum Gasteiger partial charge on any atom is -0.465 e. The van der Waals surface area contributed by atoms with E-state index < -0.39 is 0 Å². The first-order valence-corrected chi connectivity index (χ1v) is 7.20. The van der Waals surface area contributed by atoms with Crippen LogP contribution in [-0.2, 0) is 0 Å². The molecule has 1 rings (SSSR count). The maximum Gasteiger partial charge on any atom is 0.120 e. The van der Waals surface area contributed by atoms with Crippen LogP contribution in [-0.4, -0.2) is 6.04 Å². The normalized spacial score (nSPS) is 13.8. The number of nitrogens with one attached hydrogen (secondary N) is 1. The second kappa shape index (κ2) is 6.98. The molecule has 104 valence electrons. The molecule has 1 heterocycles. The van der Waals surface area contributed by atoms with Crippen molar-refractivity contribution in [3.63, 3.8) is 0 Å². The summed E-state index contributed by atoms with van der Waals surface area (Å²) in [4.78, 5) is 0. The maximum absolute atomic E-state index is 5.69. The zero-order valence-corrected chi connectivity index (χ0v) is 12.8. The number of rotatable bonds is 7. The van der Waals surface area contributed by atoms with Crippen molar-refractivity contribution in [2.24, 2.45) is 11.8 Å². The van der Waals surface area contributed by atoms with Crippen LogP contribution in [0.15, 0.2) is 16.5 Å². The summed E-state index contributed by atoms with van der Waals surface area (Å²) < 4.78 is 5.69. The second-order valence-corrected chi connectivity index (χ2v) is 6.29. The van der Waals surface area contributed by atoms with Gasteiger partial charge in [0.1, 0.15) is 11.5 Å². The maximum atomic E-state index is 5.69. The molecular formula is C16H29NO. The van der Waals surface area contributed by atoms with E-state index >= 15 is 0 Å². The van der Waals surface area contributed by atoms with E-state index in [1.807, 2.05) is 13.0 Å². The first-order valence-electron chi connectivity index (χ1n) is 7.20. The lowest BCUT2D eigenvalue weighted by molar-refractivity contribution is 0.312. The molecule has 0 aliphatic heterocycles. The van der Waals surface area contributed by atoms with Crippen molar-refractivity contribution in [1.29, 1.82) is 0 Å². The van der Waals surface area contributed by atoms with Crippen molar-refractivity contribution >= 4 is 0 Å². The van der Waals surface area contributed by atoms with E-state index in [-0.39, 0.29) is 0 Å². The highest BCUT2D eigenvalue weighted by Gasteiger charge is 2.17. The third-order valence-electron chi connectivity index (χ3n) is 3.19. The summed E-state index contributed by atoms with van der Waals surface area (Å²) in [6.45, 7) is 13.3. The molecule has 0 aliphatic carbocycles. The molecule has 0 fully saturated rings. The predicted molar refractivity (Wildman–Crippen MR) is 77.7 cm³/mol. The van der Waals surface area contributed by atoms with Crippen molar-refractivity contribution in [3.8, 4) is 0 Å². The van der Waals surface area contributed by atoms with Gasteiger partial charge in [-0.05, 0) is 50.7 Å². The Labute approximate surface area is 112 Å². The molecule has 1 aromatic rings. The first-order chi connectivity index (χ1) is 8.38. The molecule has 0 saturated carbocycles. The van der Waals surface area contributed by atoms with E-state index in [1.54, 1.807) is 0 Å². The zero-order valence-electron chi connectivity index (χ0n) is 12.8. The number of hydrogen-bond donors (Lipinski definition) is 1. The molecule has 0 spiro atoms. The highest BCUT2D eigenvalue weighted by atomic mass is 16.3. The van der Waals surface area contributed by atoms with Crippen molar-refractivity contribution < 1.29 is 4.42 Å². The number of hydrogen-bond acceptors (Lipinski definition) is 2. The topological polar surface area (TPSA) is 25.2 Å². The largest absolute Gasteiger partial charge is 0.465 e. The van der Waals surface area contributed by atoms with Crippen LogP contribution in [0.25, 0.3) is 0 Å². The van der Waals surface area contributed by atoms with Crippen LogP contribution in [0.2, 0.25) is 0 Å². The van der Waals surface area contributed by atoms with Crippen LogP contribution in [0.4, 0.5) is 0 Å². The van der Waals surface area contributed by atoms with E-state index in [0.717, 1.165) is 23.4 Å². The summed E-state index contributed by atoms with van der Waals surface area (Å²) in [5.41, 5.74) is 0. The Balaban J connectivity index is 2.58. The predicted octanol–water partition coefficient (Wildman–Crippen LogP) is 4.70. The fraction of sp³-hybridized carbons (Fsp3) is 0.750. The van der Waals surface area contributed by atoms with E-state index in [0.29, 0.717) is 12.1 Å². The van der Waals surface area contributed by atoms with Crippen LogP contribution in [0.5, 0.6) is 0 Å². The highest BCUT2D eigenvalue weighted by Crippen LogP contribution is 2.20. The third kappa shape index (κ3) is 5.26. The lowest BCUT2D eigenvalue weighted by atomic mass is 9.95. The molecule has 2 heteroatoms. The molecule has 0 aromatic carbocycles. The monoisotopic (exact) mass is 251 g/mol. The quantitative estimate of drug-likeness (QED) is 0.760. The summed E-state index contributed by atoms with van der Waals surface area (Å²) in [6, 6.07) is 4.98. The molecule has 0 amide bonds. The minimum absolute atomic E-state index is 0.293. The molecule has 2 nitrogen and oxygen atoms in total. The van der Waals surface area contributed by atoms with Gasteiger partial charge >= 0.3 is 0 Å². The molecule has 0 radical (unpaired) electrons. The molecular weight excluding hydrogens is 222 g/mol. The van der Waals surface area contributed by atoms with Gasteiger partial charge in [-0.1, -0.05) is 27.7 Å². The molecule has 1 atom stereocenters. The van der Waals surface area contributed by atoms with Gasteiger partial charge in [0, 0.05) is 6.04 Å². The average Bonchev–Trinajstić information content (AvgIpc) is 2.62. The van der Waals surface area contributed by atoms with Gasteiger partial charge in [0.15, 0.2) is 0 Å². The Morgan fingerprint density at radius 2 is 1.56 bits per heavy atom. The zero-order chi connectivity index (χ0) is 13.7. The number of aryl methyl sites for hydroxylation is 1. The lowest BCUT2D eigenvalue weighted by Crippen LogP contribution is -2.33. The van der Waals surface area contributed by atoms with Gasteiger partial charge in [-0.3, -0.25) is 0 Å². The van der Waals surface area contributed by atoms with Gasteiger partial charge < -0.3 is 9.73 Å². The van der Waals surface area contributed by atoms with E-state index in [9.17, 15) is 0 Å². The molecule has 18 heavy (non-hydrogen) atoms. The molecule has 1 aromatic heterocycles. The van der Waals surface area contributed by atoms with Crippen LogP contribution in [0.1, 0.15) is 65.0 Å². The van der Waals surface area contributed by atoms with Gasteiger partial charge in [-0.2, -0.15) is 0 Å². The highest BCUT2D eigenvalue weighted by molar-refractivity contribution is 5.09. The molecule has 0 bridgehead atoms. The average molecular weight is 251 g/mol. The van der Waals surface area contributed by atoms with Crippen LogP contribution in [0, 0.1) is 18.8 Å². The van der Waals surface area contributed by atoms with E-state index in [2.05, 4.69) is 46.0 Å². The fourth-order valence-electron chi connectivity index (χ4n) is 2.49. The lowest BCUT2D eigenvalue weighted by Gasteiger charge is -2.25. The Morgan fingerprint density at radius 1 is 1.00 bits per heavy atom. The minimum atomic E-state index is 0.293. The van der Waals surface area contributed by atoms with Crippen LogP contribution >= 0.6 is 0 Å². The molecule has 0 aliphatic rings. The Bertz CT molecular complexity index is 331. The van der Waals surface area contributed by atoms with Crippen LogP contribution in [0.3, 0.4) is 0 Å². The standard InChI is InChI=1S/C16H29NO/c1-11(2)9-15(10-12(3)4)17-14(6)16-8-7-13(5)18-16/h7-8,11-12,14-15,17H,9-10H2,1-6H3. The van der Waals surface area contributed by atoms with Crippen molar-refractivity contribution in [3.05, 3.63) is 23.7 Å². The summed E-state index contributed by atoms with van der Waals surface area (Å²) in [7, 11) is 0. The summed E-state index contributed by atoms with van der Waals surface area (Å²) in [6.07, 6.45) is 2.45. The Kier molecular flexibility index (Phi) is 5.94. The van der Waals surface area contributed by atoms with E-state index in [1.165, 1.54) is 12.8 Å². The van der Waals surface area contributed by atoms with Gasteiger partial charge in [0.05, 0.1) is 6.04 Å². The van der Waals surface area contributed by atoms with Gasteiger partial charge in [-0.25, -0.2) is 0 Å². The van der Waals surface area contributed by atoms with Crippen molar-refractivity contribution in [1.82, 2.24) is 5.32 Å². The van der Waals surface area contributed by atoms with Gasteiger partial charge in [-0.15, -0.1) is 0 Å². The van der Waals surface area contributed by atoms with Gasteiger partial charge in [0.2, 0.25) is 0 Å². The fourth-order valence-corrected chi connectivity index (χ4v) is 2.49. The summed E-state index contributed by atoms with van der Waals surface area (Å²) in [5.74, 6) is 3.49. The molecule has 1 unspecified atom stereocenters. The van der Waals surface area contributed by atoms with Crippen molar-refractivity contribution in [2.45, 2.75) is 66.5 Å². The molecule has 0 saturated heterocycles. The van der Waals surface area contributed by atoms with E-state index in [4.69, 9.17) is 4.42 Å². The Morgan fingerprint density at radius 3 is 1.94 bits per heavy atom. The van der Waals surface area contributed by atoms with Gasteiger partial charge in [0.25, 0.3) is 0 Å². The summed E-state index contributed by atoms with van der Waals surface area (Å²) in [5, 5.41) is 3.72.